The minimum atomic E-state index is -0.173. The first-order chi connectivity index (χ1) is 15.2. The first-order valence-corrected chi connectivity index (χ1v) is 11.4. The summed E-state index contributed by atoms with van der Waals surface area (Å²) in [5.74, 6) is 0.634. The Kier molecular flexibility index (Phi) is 5.23. The fourth-order valence-electron chi connectivity index (χ4n) is 3.23. The Balaban J connectivity index is 1.22. The number of nitrogens with zero attached hydrogens (tertiary/aromatic N) is 3. The number of carbonyl (C=O) groups is 1. The Labute approximate surface area is 186 Å². The lowest BCUT2D eigenvalue weighted by molar-refractivity contribution is 0.103. The van der Waals surface area contributed by atoms with E-state index in [-0.39, 0.29) is 5.91 Å². The number of aromatic nitrogens is 3. The summed E-state index contributed by atoms with van der Waals surface area (Å²) in [6.07, 6.45) is 1.72. The molecule has 0 aliphatic carbocycles. The van der Waals surface area contributed by atoms with Gasteiger partial charge < -0.3 is 4.74 Å². The van der Waals surface area contributed by atoms with Gasteiger partial charge in [-0.1, -0.05) is 30.3 Å². The minimum absolute atomic E-state index is 0.173. The number of amides is 1. The van der Waals surface area contributed by atoms with E-state index in [1.165, 1.54) is 28.1 Å². The molecule has 8 heteroatoms. The lowest BCUT2D eigenvalue weighted by Crippen LogP contribution is -2.10. The van der Waals surface area contributed by atoms with Gasteiger partial charge in [-0.2, -0.15) is 5.10 Å². The Morgan fingerprint density at radius 2 is 1.94 bits per heavy atom. The van der Waals surface area contributed by atoms with Crippen LogP contribution in [0.5, 0.6) is 5.75 Å². The molecule has 0 radical (unpaired) electrons. The van der Waals surface area contributed by atoms with Crippen LogP contribution in [0.4, 0.5) is 5.13 Å². The second-order valence-electron chi connectivity index (χ2n) is 6.95. The van der Waals surface area contributed by atoms with Crippen LogP contribution in [-0.4, -0.2) is 20.7 Å². The smallest absolute Gasteiger partial charge is 0.267 e. The Hall–Kier alpha value is -3.49. The van der Waals surface area contributed by atoms with Gasteiger partial charge in [-0.05, 0) is 40.4 Å². The highest BCUT2D eigenvalue weighted by atomic mass is 32.1. The van der Waals surface area contributed by atoms with Crippen LogP contribution in [0, 0.1) is 0 Å². The van der Waals surface area contributed by atoms with Gasteiger partial charge in [0.15, 0.2) is 5.13 Å². The van der Waals surface area contributed by atoms with Crippen molar-refractivity contribution in [2.45, 2.75) is 6.61 Å². The fourth-order valence-corrected chi connectivity index (χ4v) is 4.72. The van der Waals surface area contributed by atoms with E-state index in [1.54, 1.807) is 10.9 Å². The van der Waals surface area contributed by atoms with Crippen LogP contribution in [-0.2, 0) is 13.7 Å². The summed E-state index contributed by atoms with van der Waals surface area (Å²) < 4.78 is 7.68. The number of anilines is 1. The molecule has 1 amide bonds. The zero-order valence-corrected chi connectivity index (χ0v) is 18.2. The Bertz CT molecular complexity index is 1370. The summed E-state index contributed by atoms with van der Waals surface area (Å²) in [5, 5.41) is 13.8. The van der Waals surface area contributed by atoms with Crippen LogP contribution in [0.1, 0.15) is 15.2 Å². The van der Waals surface area contributed by atoms with Gasteiger partial charge in [0.1, 0.15) is 18.1 Å². The number of fused-ring (bicyclic) bond motifs is 1. The SMILES string of the molecule is Cn1nccc1-c1csc(NC(=O)c2cc(COc3ccc4ccccc4c3)cs2)n1. The molecule has 0 bridgehead atoms. The minimum Gasteiger partial charge on any atom is -0.489 e. The second-order valence-corrected chi connectivity index (χ2v) is 8.72. The summed E-state index contributed by atoms with van der Waals surface area (Å²) in [5.41, 5.74) is 2.65. The number of benzene rings is 2. The highest BCUT2D eigenvalue weighted by Crippen LogP contribution is 2.26. The molecule has 3 heterocycles. The van der Waals surface area contributed by atoms with Gasteiger partial charge in [0.05, 0.1) is 10.6 Å². The van der Waals surface area contributed by atoms with Crippen molar-refractivity contribution in [3.8, 4) is 17.1 Å². The van der Waals surface area contributed by atoms with Gasteiger partial charge in [-0.15, -0.1) is 22.7 Å². The number of thiophene rings is 1. The fraction of sp³-hybridized carbons (Fsp3) is 0.0870. The summed E-state index contributed by atoms with van der Waals surface area (Å²) in [7, 11) is 1.86. The predicted octanol–water partition coefficient (Wildman–Crippen LogP) is 5.59. The van der Waals surface area contributed by atoms with Gasteiger partial charge in [0, 0.05) is 24.2 Å². The van der Waals surface area contributed by atoms with E-state index >= 15 is 0 Å². The highest BCUT2D eigenvalue weighted by Gasteiger charge is 2.14. The second kappa shape index (κ2) is 8.33. The molecule has 0 atom stereocenters. The zero-order valence-electron chi connectivity index (χ0n) is 16.6. The van der Waals surface area contributed by atoms with Crippen LogP contribution in [0.25, 0.3) is 22.2 Å². The number of carbonyl (C=O) groups excluding carboxylic acids is 1. The van der Waals surface area contributed by atoms with E-state index in [2.05, 4.69) is 27.5 Å². The average molecular weight is 447 g/mol. The molecule has 154 valence electrons. The molecule has 0 saturated heterocycles. The Morgan fingerprint density at radius 1 is 1.06 bits per heavy atom. The van der Waals surface area contributed by atoms with Crippen molar-refractivity contribution in [2.75, 3.05) is 5.32 Å². The molecule has 0 fully saturated rings. The third kappa shape index (κ3) is 4.21. The van der Waals surface area contributed by atoms with Gasteiger partial charge in [0.25, 0.3) is 5.91 Å². The number of hydrogen-bond acceptors (Lipinski definition) is 6. The molecule has 2 aromatic carbocycles. The number of rotatable bonds is 6. The normalized spacial score (nSPS) is 11.0. The van der Waals surface area contributed by atoms with Crippen LogP contribution >= 0.6 is 22.7 Å². The Morgan fingerprint density at radius 3 is 2.77 bits per heavy atom. The molecule has 0 spiro atoms. The molecule has 1 N–H and O–H groups in total. The van der Waals surface area contributed by atoms with Crippen molar-refractivity contribution in [1.82, 2.24) is 14.8 Å². The maximum absolute atomic E-state index is 12.6. The molecular formula is C23H18N4O2S2. The van der Waals surface area contributed by atoms with Crippen LogP contribution < -0.4 is 10.1 Å². The van der Waals surface area contributed by atoms with Crippen molar-refractivity contribution in [1.29, 1.82) is 0 Å². The molecule has 6 nitrogen and oxygen atoms in total. The van der Waals surface area contributed by atoms with Crippen LogP contribution in [0.15, 0.2) is 71.6 Å². The lowest BCUT2D eigenvalue weighted by atomic mass is 10.1. The zero-order chi connectivity index (χ0) is 21.2. The van der Waals surface area contributed by atoms with Crippen molar-refractivity contribution in [3.05, 3.63) is 82.0 Å². The standard InChI is InChI=1S/C23H18N4O2S2/c1-27-20(8-9-24-27)19-14-31-23(25-19)26-22(28)21-10-15(13-30-21)12-29-18-7-6-16-4-2-3-5-17(16)11-18/h2-11,13-14H,12H2,1H3,(H,25,26,28). The van der Waals surface area contributed by atoms with Gasteiger partial charge in [-0.25, -0.2) is 4.98 Å². The molecule has 0 saturated carbocycles. The van der Waals surface area contributed by atoms with E-state index in [4.69, 9.17) is 4.74 Å². The highest BCUT2D eigenvalue weighted by molar-refractivity contribution is 7.14. The van der Waals surface area contributed by atoms with Crippen molar-refractivity contribution < 1.29 is 9.53 Å². The summed E-state index contributed by atoms with van der Waals surface area (Å²) in [4.78, 5) is 17.7. The van der Waals surface area contributed by atoms with Gasteiger partial charge in [-0.3, -0.25) is 14.8 Å². The van der Waals surface area contributed by atoms with Crippen molar-refractivity contribution >= 4 is 44.5 Å². The number of nitrogens with one attached hydrogen (secondary N) is 1. The van der Waals surface area contributed by atoms with Crippen LogP contribution in [0.3, 0.4) is 0 Å². The molecule has 5 rings (SSSR count). The molecular weight excluding hydrogens is 428 g/mol. The first-order valence-electron chi connectivity index (χ1n) is 9.60. The largest absolute Gasteiger partial charge is 0.489 e. The molecule has 5 aromatic rings. The maximum atomic E-state index is 12.6. The third-order valence-electron chi connectivity index (χ3n) is 4.81. The van der Waals surface area contributed by atoms with E-state index in [0.29, 0.717) is 16.6 Å². The van der Waals surface area contributed by atoms with E-state index in [0.717, 1.165) is 28.1 Å². The number of hydrogen-bond donors (Lipinski definition) is 1. The number of aryl methyl sites for hydroxylation is 1. The van der Waals surface area contributed by atoms with Crippen molar-refractivity contribution in [3.63, 3.8) is 0 Å². The first kappa shape index (κ1) is 19.5. The summed E-state index contributed by atoms with van der Waals surface area (Å²) >= 11 is 2.78. The van der Waals surface area contributed by atoms with E-state index in [1.807, 2.05) is 60.3 Å². The summed E-state index contributed by atoms with van der Waals surface area (Å²) in [6.45, 7) is 0.407. The quantitative estimate of drug-likeness (QED) is 0.369. The monoisotopic (exact) mass is 446 g/mol. The van der Waals surface area contributed by atoms with E-state index in [9.17, 15) is 4.79 Å². The van der Waals surface area contributed by atoms with Gasteiger partial charge in [0.2, 0.25) is 0 Å². The topological polar surface area (TPSA) is 69.0 Å². The maximum Gasteiger partial charge on any atom is 0.267 e. The average Bonchev–Trinajstić information content (AvgIpc) is 3.53. The molecule has 0 aliphatic heterocycles. The van der Waals surface area contributed by atoms with Crippen molar-refractivity contribution in [2.24, 2.45) is 7.05 Å². The summed E-state index contributed by atoms with van der Waals surface area (Å²) in [6, 6.07) is 18.0. The predicted molar refractivity (Wildman–Crippen MR) is 125 cm³/mol. The number of thiazole rings is 1. The van der Waals surface area contributed by atoms with Gasteiger partial charge >= 0.3 is 0 Å². The molecule has 31 heavy (non-hydrogen) atoms. The van der Waals surface area contributed by atoms with E-state index < -0.39 is 0 Å². The molecule has 0 aliphatic rings. The lowest BCUT2D eigenvalue weighted by Gasteiger charge is -2.06. The molecule has 3 aromatic heterocycles. The third-order valence-corrected chi connectivity index (χ3v) is 6.55. The molecule has 0 unspecified atom stereocenters. The van der Waals surface area contributed by atoms with Crippen LogP contribution in [0.2, 0.25) is 0 Å². The number of ether oxygens (including phenoxy) is 1.